The van der Waals surface area contributed by atoms with E-state index in [9.17, 15) is 9.59 Å². The summed E-state index contributed by atoms with van der Waals surface area (Å²) in [5, 5.41) is 4.22. The number of hydrogen-bond acceptors (Lipinski definition) is 3. The summed E-state index contributed by atoms with van der Waals surface area (Å²) in [4.78, 5) is 27.8. The number of carbonyl (C=O) groups excluding carboxylic acids is 2. The number of ether oxygens (including phenoxy) is 1. The molecule has 0 aliphatic heterocycles. The van der Waals surface area contributed by atoms with Crippen LogP contribution in [0.2, 0.25) is 10.0 Å². The molecule has 0 saturated heterocycles. The van der Waals surface area contributed by atoms with Gasteiger partial charge in [-0.1, -0.05) is 55.2 Å². The number of aryl methyl sites for hydroxylation is 2. The van der Waals surface area contributed by atoms with Crippen LogP contribution in [-0.4, -0.2) is 35.4 Å². The molecule has 0 heterocycles. The third-order valence-corrected chi connectivity index (χ3v) is 6.42. The van der Waals surface area contributed by atoms with Gasteiger partial charge in [0.1, 0.15) is 11.8 Å². The zero-order valence-electron chi connectivity index (χ0n) is 19.4. The van der Waals surface area contributed by atoms with Gasteiger partial charge >= 0.3 is 0 Å². The Hall–Kier alpha value is -2.24. The third kappa shape index (κ3) is 6.88. The highest BCUT2D eigenvalue weighted by molar-refractivity contribution is 6.32. The summed E-state index contributed by atoms with van der Waals surface area (Å²) in [6, 6.07) is 10.3. The van der Waals surface area contributed by atoms with Crippen LogP contribution in [0.15, 0.2) is 36.4 Å². The van der Waals surface area contributed by atoms with Crippen molar-refractivity contribution in [3.05, 3.63) is 63.1 Å². The predicted octanol–water partition coefficient (Wildman–Crippen LogP) is 5.71. The molecule has 2 atom stereocenters. The molecule has 1 N–H and O–H groups in total. The molecule has 0 spiro atoms. The van der Waals surface area contributed by atoms with E-state index in [4.69, 9.17) is 27.9 Å². The van der Waals surface area contributed by atoms with Crippen molar-refractivity contribution in [3.8, 4) is 5.75 Å². The van der Waals surface area contributed by atoms with Gasteiger partial charge in [0.15, 0.2) is 6.61 Å². The molecule has 2 rings (SSSR count). The highest BCUT2D eigenvalue weighted by atomic mass is 35.5. The summed E-state index contributed by atoms with van der Waals surface area (Å²) >= 11 is 12.6. The molecule has 5 nitrogen and oxygen atoms in total. The van der Waals surface area contributed by atoms with Crippen LogP contribution in [0.4, 0.5) is 0 Å². The van der Waals surface area contributed by atoms with E-state index in [0.29, 0.717) is 22.2 Å². The van der Waals surface area contributed by atoms with E-state index < -0.39 is 6.04 Å². The Balaban J connectivity index is 2.26. The number of nitrogens with zero attached hydrogens (tertiary/aromatic N) is 1. The van der Waals surface area contributed by atoms with E-state index in [1.165, 1.54) is 0 Å². The molecule has 7 heteroatoms. The van der Waals surface area contributed by atoms with Crippen molar-refractivity contribution < 1.29 is 14.3 Å². The van der Waals surface area contributed by atoms with Crippen molar-refractivity contribution in [2.45, 2.75) is 66.1 Å². The zero-order valence-corrected chi connectivity index (χ0v) is 20.9. The Labute approximate surface area is 201 Å². The average molecular weight is 479 g/mol. The van der Waals surface area contributed by atoms with Crippen LogP contribution < -0.4 is 10.1 Å². The highest BCUT2D eigenvalue weighted by Gasteiger charge is 2.30. The quantitative estimate of drug-likeness (QED) is 0.475. The lowest BCUT2D eigenvalue weighted by Gasteiger charge is -2.31. The third-order valence-electron chi connectivity index (χ3n) is 5.46. The van der Waals surface area contributed by atoms with Crippen LogP contribution in [0.25, 0.3) is 0 Å². The van der Waals surface area contributed by atoms with Gasteiger partial charge in [-0.25, -0.2) is 0 Å². The molecule has 32 heavy (non-hydrogen) atoms. The number of rotatable bonds is 10. The first-order valence-electron chi connectivity index (χ1n) is 10.9. The molecule has 2 aromatic carbocycles. The van der Waals surface area contributed by atoms with E-state index in [0.717, 1.165) is 23.1 Å². The van der Waals surface area contributed by atoms with Gasteiger partial charge in [-0.15, -0.1) is 0 Å². The van der Waals surface area contributed by atoms with Crippen LogP contribution in [0.1, 0.15) is 50.3 Å². The minimum absolute atomic E-state index is 0.0186. The van der Waals surface area contributed by atoms with E-state index in [1.54, 1.807) is 23.1 Å². The standard InChI is InChI=1S/C25H32Cl2N2O3/c1-6-18(5)28-25(31)22(7-2)29(14-19-10-8-9-11-21(19)26)23(30)15-32-20-12-16(3)24(27)17(4)13-20/h8-13,18,22H,6-7,14-15H2,1-5H3,(H,28,31). The van der Waals surface area contributed by atoms with Gasteiger partial charge < -0.3 is 15.0 Å². The highest BCUT2D eigenvalue weighted by Crippen LogP contribution is 2.26. The second-order valence-corrected chi connectivity index (χ2v) is 8.80. The summed E-state index contributed by atoms with van der Waals surface area (Å²) in [5.74, 6) is 0.0920. The Morgan fingerprint density at radius 1 is 1.06 bits per heavy atom. The molecular formula is C25H32Cl2N2O3. The van der Waals surface area contributed by atoms with E-state index >= 15 is 0 Å². The fraction of sp³-hybridized carbons (Fsp3) is 0.440. The van der Waals surface area contributed by atoms with E-state index in [2.05, 4.69) is 5.32 Å². The van der Waals surface area contributed by atoms with Crippen LogP contribution in [0.3, 0.4) is 0 Å². The summed E-state index contributed by atoms with van der Waals surface area (Å²) in [6.45, 7) is 9.63. The van der Waals surface area contributed by atoms with Crippen LogP contribution in [-0.2, 0) is 16.1 Å². The minimum Gasteiger partial charge on any atom is -0.484 e. The molecule has 2 amide bonds. The first-order valence-corrected chi connectivity index (χ1v) is 11.7. The number of halogens is 2. The molecule has 0 bridgehead atoms. The number of hydrogen-bond donors (Lipinski definition) is 1. The molecule has 2 aromatic rings. The van der Waals surface area contributed by atoms with Crippen LogP contribution in [0.5, 0.6) is 5.75 Å². The maximum absolute atomic E-state index is 13.3. The van der Waals surface area contributed by atoms with Crippen molar-refractivity contribution in [2.75, 3.05) is 6.61 Å². The van der Waals surface area contributed by atoms with Crippen molar-refractivity contribution in [1.29, 1.82) is 0 Å². The number of amides is 2. The van der Waals surface area contributed by atoms with Crippen molar-refractivity contribution in [2.24, 2.45) is 0 Å². The Morgan fingerprint density at radius 2 is 1.69 bits per heavy atom. The maximum atomic E-state index is 13.3. The van der Waals surface area contributed by atoms with Crippen molar-refractivity contribution in [1.82, 2.24) is 10.2 Å². The number of benzene rings is 2. The van der Waals surface area contributed by atoms with E-state index in [1.807, 2.05) is 52.8 Å². The molecule has 0 fully saturated rings. The van der Waals surface area contributed by atoms with Crippen LogP contribution in [0, 0.1) is 13.8 Å². The summed E-state index contributed by atoms with van der Waals surface area (Å²) < 4.78 is 5.80. The summed E-state index contributed by atoms with van der Waals surface area (Å²) in [7, 11) is 0. The first-order chi connectivity index (χ1) is 15.2. The fourth-order valence-corrected chi connectivity index (χ4v) is 3.69. The Morgan fingerprint density at radius 3 is 2.25 bits per heavy atom. The van der Waals surface area contributed by atoms with Gasteiger partial charge in [0.05, 0.1) is 0 Å². The van der Waals surface area contributed by atoms with Gasteiger partial charge in [-0.3, -0.25) is 9.59 Å². The first kappa shape index (κ1) is 26.0. The second kappa shape index (κ2) is 12.1. The van der Waals surface area contributed by atoms with Gasteiger partial charge in [-0.05, 0) is 68.5 Å². The molecule has 0 radical (unpaired) electrons. The molecule has 0 saturated carbocycles. The summed E-state index contributed by atoms with van der Waals surface area (Å²) in [5.41, 5.74) is 2.53. The van der Waals surface area contributed by atoms with Gasteiger partial charge in [0.25, 0.3) is 5.91 Å². The monoisotopic (exact) mass is 478 g/mol. The molecular weight excluding hydrogens is 447 g/mol. The molecule has 0 aliphatic rings. The second-order valence-electron chi connectivity index (χ2n) is 8.01. The molecule has 174 valence electrons. The molecule has 0 aromatic heterocycles. The lowest BCUT2D eigenvalue weighted by Crippen LogP contribution is -2.51. The smallest absolute Gasteiger partial charge is 0.261 e. The van der Waals surface area contributed by atoms with Gasteiger partial charge in [0, 0.05) is 22.6 Å². The molecule has 0 aliphatic carbocycles. The van der Waals surface area contributed by atoms with Crippen molar-refractivity contribution >= 4 is 35.0 Å². The lowest BCUT2D eigenvalue weighted by molar-refractivity contribution is -0.143. The van der Waals surface area contributed by atoms with Gasteiger partial charge in [-0.2, -0.15) is 0 Å². The van der Waals surface area contributed by atoms with Crippen molar-refractivity contribution in [3.63, 3.8) is 0 Å². The average Bonchev–Trinajstić information content (AvgIpc) is 2.76. The van der Waals surface area contributed by atoms with Gasteiger partial charge in [0.2, 0.25) is 5.91 Å². The number of carbonyl (C=O) groups is 2. The van der Waals surface area contributed by atoms with E-state index in [-0.39, 0.29) is 31.0 Å². The Bertz CT molecular complexity index is 926. The number of nitrogens with one attached hydrogen (secondary N) is 1. The predicted molar refractivity (Wildman–Crippen MR) is 130 cm³/mol. The largest absolute Gasteiger partial charge is 0.484 e. The minimum atomic E-state index is -0.634. The maximum Gasteiger partial charge on any atom is 0.261 e. The fourth-order valence-electron chi connectivity index (χ4n) is 3.39. The lowest BCUT2D eigenvalue weighted by atomic mass is 10.1. The summed E-state index contributed by atoms with van der Waals surface area (Å²) in [6.07, 6.45) is 1.27. The SMILES string of the molecule is CCC(C)NC(=O)C(CC)N(Cc1ccccc1Cl)C(=O)COc1cc(C)c(Cl)c(C)c1. The topological polar surface area (TPSA) is 58.6 Å². The normalized spacial score (nSPS) is 12.7. The molecule has 2 unspecified atom stereocenters. The Kier molecular flexibility index (Phi) is 9.85. The zero-order chi connectivity index (χ0) is 23.8. The van der Waals surface area contributed by atoms with Crippen LogP contribution >= 0.6 is 23.2 Å².